The number of likely N-dealkylation sites (tertiary alicyclic amines) is 1. The standard InChI is InChI=1S/C27H35ClN6O3/c1-27(2,3)37-26(35)34-14-11-19(12-15-34)24-22(23(31-32-24)18-6-8-20(28)9-7-18)21-10-13-29-25(30-21)36-17-16-33(4)5/h6-10,13,19H,11-12,14-17H2,1-5H3,(H,31,32). The van der Waals surface area contributed by atoms with Crippen LogP contribution in [0.1, 0.15) is 45.2 Å². The summed E-state index contributed by atoms with van der Waals surface area (Å²) in [6.45, 7) is 8.11. The van der Waals surface area contributed by atoms with Gasteiger partial charge in [0.2, 0.25) is 0 Å². The Morgan fingerprint density at radius 3 is 2.51 bits per heavy atom. The molecule has 1 aliphatic rings. The predicted octanol–water partition coefficient (Wildman–Crippen LogP) is 5.24. The number of aromatic amines is 1. The highest BCUT2D eigenvalue weighted by Gasteiger charge is 2.31. The number of ether oxygens (including phenoxy) is 2. The minimum Gasteiger partial charge on any atom is -0.462 e. The second-order valence-electron chi connectivity index (χ2n) is 10.5. The first-order valence-electron chi connectivity index (χ1n) is 12.5. The Bertz CT molecular complexity index is 1200. The number of H-pyrrole nitrogens is 1. The number of amides is 1. The quantitative estimate of drug-likeness (QED) is 0.449. The molecule has 198 valence electrons. The van der Waals surface area contributed by atoms with E-state index >= 15 is 0 Å². The SMILES string of the molecule is CN(C)CCOc1nccc(-c2c(-c3ccc(Cl)cc3)n[nH]c2C2CCN(C(=O)OC(C)(C)C)CC2)n1. The van der Waals surface area contributed by atoms with Gasteiger partial charge in [-0.3, -0.25) is 5.10 Å². The Hall–Kier alpha value is -3.17. The second kappa shape index (κ2) is 11.5. The smallest absolute Gasteiger partial charge is 0.410 e. The average Bonchev–Trinajstić information content (AvgIpc) is 3.29. The monoisotopic (exact) mass is 526 g/mol. The maximum Gasteiger partial charge on any atom is 0.410 e. The molecule has 0 unspecified atom stereocenters. The van der Waals surface area contributed by atoms with Gasteiger partial charge in [-0.25, -0.2) is 9.78 Å². The third-order valence-electron chi connectivity index (χ3n) is 6.13. The number of hydrogen-bond donors (Lipinski definition) is 1. The number of benzene rings is 1. The molecule has 1 aromatic carbocycles. The average molecular weight is 527 g/mol. The molecule has 0 saturated carbocycles. The van der Waals surface area contributed by atoms with E-state index in [0.29, 0.717) is 30.7 Å². The minimum absolute atomic E-state index is 0.176. The van der Waals surface area contributed by atoms with Crippen LogP contribution in [-0.2, 0) is 4.74 Å². The number of rotatable bonds is 7. The normalized spacial score (nSPS) is 14.7. The van der Waals surface area contributed by atoms with E-state index in [9.17, 15) is 4.79 Å². The van der Waals surface area contributed by atoms with Gasteiger partial charge >= 0.3 is 12.1 Å². The highest BCUT2D eigenvalue weighted by atomic mass is 35.5. The number of carbonyl (C=O) groups excluding carboxylic acids is 1. The van der Waals surface area contributed by atoms with Crippen molar-refractivity contribution in [2.24, 2.45) is 0 Å². The van der Waals surface area contributed by atoms with Crippen molar-refractivity contribution in [1.82, 2.24) is 30.0 Å². The molecular weight excluding hydrogens is 492 g/mol. The summed E-state index contributed by atoms with van der Waals surface area (Å²) in [5, 5.41) is 8.66. The van der Waals surface area contributed by atoms with Crippen LogP contribution in [-0.4, -0.2) is 82.0 Å². The fraction of sp³-hybridized carbons (Fsp3) is 0.481. The molecule has 1 aliphatic heterocycles. The molecule has 1 N–H and O–H groups in total. The van der Waals surface area contributed by atoms with Gasteiger partial charge in [0.15, 0.2) is 0 Å². The number of hydrogen-bond acceptors (Lipinski definition) is 7. The first kappa shape index (κ1) is 26.9. The van der Waals surface area contributed by atoms with Crippen molar-refractivity contribution in [2.75, 3.05) is 40.3 Å². The van der Waals surface area contributed by atoms with Gasteiger partial charge in [0, 0.05) is 53.6 Å². The Labute approximate surface area is 223 Å². The van der Waals surface area contributed by atoms with Crippen molar-refractivity contribution in [3.05, 3.63) is 47.2 Å². The molecule has 1 fully saturated rings. The summed E-state index contributed by atoms with van der Waals surface area (Å²) in [6.07, 6.45) is 3.01. The lowest BCUT2D eigenvalue weighted by Crippen LogP contribution is -2.41. The molecule has 0 aliphatic carbocycles. The van der Waals surface area contributed by atoms with Crippen molar-refractivity contribution in [1.29, 1.82) is 0 Å². The van der Waals surface area contributed by atoms with E-state index in [2.05, 4.69) is 10.1 Å². The number of nitrogens with zero attached hydrogens (tertiary/aromatic N) is 5. The van der Waals surface area contributed by atoms with Crippen LogP contribution in [0.3, 0.4) is 0 Å². The van der Waals surface area contributed by atoms with Gasteiger partial charge in [-0.1, -0.05) is 23.7 Å². The second-order valence-corrected chi connectivity index (χ2v) is 10.9. The van der Waals surface area contributed by atoms with E-state index < -0.39 is 5.60 Å². The topological polar surface area (TPSA) is 96.5 Å². The summed E-state index contributed by atoms with van der Waals surface area (Å²) in [5.74, 6) is 0.176. The van der Waals surface area contributed by atoms with Crippen LogP contribution in [0.25, 0.3) is 22.5 Å². The molecule has 4 rings (SSSR count). The van der Waals surface area contributed by atoms with Crippen LogP contribution in [0.15, 0.2) is 36.5 Å². The zero-order chi connectivity index (χ0) is 26.6. The fourth-order valence-corrected chi connectivity index (χ4v) is 4.40. The van der Waals surface area contributed by atoms with Gasteiger partial charge in [0.05, 0.1) is 5.69 Å². The first-order valence-corrected chi connectivity index (χ1v) is 12.9. The van der Waals surface area contributed by atoms with Crippen molar-refractivity contribution < 1.29 is 14.3 Å². The molecular formula is C27H35ClN6O3. The molecule has 37 heavy (non-hydrogen) atoms. The van der Waals surface area contributed by atoms with Crippen LogP contribution in [0, 0.1) is 0 Å². The molecule has 0 bridgehead atoms. The van der Waals surface area contributed by atoms with Gasteiger partial charge in [0.25, 0.3) is 0 Å². The van der Waals surface area contributed by atoms with E-state index in [1.807, 2.05) is 70.1 Å². The lowest BCUT2D eigenvalue weighted by atomic mass is 9.89. The molecule has 0 radical (unpaired) electrons. The van der Waals surface area contributed by atoms with Crippen molar-refractivity contribution >= 4 is 17.7 Å². The number of carbonyl (C=O) groups is 1. The molecule has 1 saturated heterocycles. The first-order chi connectivity index (χ1) is 17.6. The minimum atomic E-state index is -0.517. The third kappa shape index (κ3) is 6.99. The van der Waals surface area contributed by atoms with Gasteiger partial charge in [-0.2, -0.15) is 10.1 Å². The van der Waals surface area contributed by atoms with Gasteiger partial charge in [-0.05, 0) is 65.9 Å². The van der Waals surface area contributed by atoms with Crippen LogP contribution in [0.5, 0.6) is 6.01 Å². The van der Waals surface area contributed by atoms with Crippen LogP contribution < -0.4 is 4.74 Å². The van der Waals surface area contributed by atoms with Crippen LogP contribution >= 0.6 is 11.6 Å². The lowest BCUT2D eigenvalue weighted by Gasteiger charge is -2.33. The van der Waals surface area contributed by atoms with E-state index in [1.54, 1.807) is 11.1 Å². The molecule has 3 heterocycles. The lowest BCUT2D eigenvalue weighted by molar-refractivity contribution is 0.0204. The van der Waals surface area contributed by atoms with Gasteiger partial charge in [-0.15, -0.1) is 0 Å². The molecule has 1 amide bonds. The number of piperidine rings is 1. The van der Waals surface area contributed by atoms with E-state index in [-0.39, 0.29) is 12.0 Å². The summed E-state index contributed by atoms with van der Waals surface area (Å²) in [4.78, 5) is 25.4. The summed E-state index contributed by atoms with van der Waals surface area (Å²) < 4.78 is 11.4. The van der Waals surface area contributed by atoms with E-state index in [4.69, 9.17) is 31.2 Å². The van der Waals surface area contributed by atoms with Crippen molar-refractivity contribution in [3.63, 3.8) is 0 Å². The largest absolute Gasteiger partial charge is 0.462 e. The number of likely N-dealkylation sites (N-methyl/N-ethyl adjacent to an activating group) is 1. The predicted molar refractivity (Wildman–Crippen MR) is 144 cm³/mol. The summed E-state index contributed by atoms with van der Waals surface area (Å²) >= 11 is 6.14. The zero-order valence-corrected chi connectivity index (χ0v) is 22.9. The number of aromatic nitrogens is 4. The van der Waals surface area contributed by atoms with Gasteiger partial charge in [0.1, 0.15) is 17.9 Å². The summed E-state index contributed by atoms with van der Waals surface area (Å²) in [7, 11) is 3.98. The van der Waals surface area contributed by atoms with E-state index in [1.165, 1.54) is 0 Å². The summed E-state index contributed by atoms with van der Waals surface area (Å²) in [5.41, 5.74) is 3.85. The maximum absolute atomic E-state index is 12.6. The molecule has 0 atom stereocenters. The Kier molecular flexibility index (Phi) is 8.34. The molecule has 9 nitrogen and oxygen atoms in total. The fourth-order valence-electron chi connectivity index (χ4n) is 4.27. The van der Waals surface area contributed by atoms with Crippen molar-refractivity contribution in [2.45, 2.75) is 45.1 Å². The number of halogens is 1. The Morgan fingerprint density at radius 2 is 1.86 bits per heavy atom. The van der Waals surface area contributed by atoms with Crippen LogP contribution in [0.2, 0.25) is 5.02 Å². The van der Waals surface area contributed by atoms with E-state index in [0.717, 1.165) is 47.6 Å². The Balaban J connectivity index is 1.62. The van der Waals surface area contributed by atoms with Crippen LogP contribution in [0.4, 0.5) is 4.79 Å². The zero-order valence-electron chi connectivity index (χ0n) is 22.1. The Morgan fingerprint density at radius 1 is 1.16 bits per heavy atom. The molecule has 3 aromatic rings. The third-order valence-corrected chi connectivity index (χ3v) is 6.38. The number of nitrogens with one attached hydrogen (secondary N) is 1. The van der Waals surface area contributed by atoms with Crippen molar-refractivity contribution in [3.8, 4) is 28.5 Å². The molecule has 10 heteroatoms. The summed E-state index contributed by atoms with van der Waals surface area (Å²) in [6, 6.07) is 9.81. The maximum atomic E-state index is 12.6. The highest BCUT2D eigenvalue weighted by molar-refractivity contribution is 6.30. The highest BCUT2D eigenvalue weighted by Crippen LogP contribution is 2.39. The molecule has 2 aromatic heterocycles. The molecule has 0 spiro atoms. The van der Waals surface area contributed by atoms with Gasteiger partial charge < -0.3 is 19.3 Å².